The van der Waals surface area contributed by atoms with Crippen molar-refractivity contribution in [1.29, 1.82) is 0 Å². The molecule has 0 saturated heterocycles. The normalized spacial score (nSPS) is 19.1. The summed E-state index contributed by atoms with van der Waals surface area (Å²) in [5.41, 5.74) is 0. The van der Waals surface area contributed by atoms with E-state index in [4.69, 9.17) is 27.9 Å². The molecule has 1 N–H and O–H groups in total. The molecule has 1 aromatic carbocycles. The van der Waals surface area contributed by atoms with E-state index in [1.165, 1.54) is 19.2 Å². The Morgan fingerprint density at radius 1 is 1.25 bits per heavy atom. The van der Waals surface area contributed by atoms with Crippen LogP contribution in [0.4, 0.5) is 0 Å². The molecule has 7 heteroatoms. The van der Waals surface area contributed by atoms with E-state index in [-0.39, 0.29) is 21.0 Å². The van der Waals surface area contributed by atoms with Crippen LogP contribution >= 0.6 is 23.2 Å². The van der Waals surface area contributed by atoms with Crippen molar-refractivity contribution >= 4 is 33.2 Å². The molecule has 2 rings (SSSR count). The fraction of sp³-hybridized carbons (Fsp3) is 0.385. The van der Waals surface area contributed by atoms with Crippen LogP contribution in [0.3, 0.4) is 0 Å². The Labute approximate surface area is 128 Å². The third-order valence-corrected chi connectivity index (χ3v) is 5.65. The number of benzene rings is 1. The summed E-state index contributed by atoms with van der Waals surface area (Å²) in [4.78, 5) is -0.0282. The van der Waals surface area contributed by atoms with Crippen molar-refractivity contribution in [2.45, 2.75) is 30.2 Å². The molecule has 0 aromatic heterocycles. The van der Waals surface area contributed by atoms with Crippen LogP contribution in [0.2, 0.25) is 10.0 Å². The van der Waals surface area contributed by atoms with Gasteiger partial charge in [-0.15, -0.1) is 0 Å². The molecular formula is C13H15Cl2NO3S. The first kappa shape index (κ1) is 15.6. The predicted octanol–water partition coefficient (Wildman–Crippen LogP) is 3.39. The quantitative estimate of drug-likeness (QED) is 0.858. The van der Waals surface area contributed by atoms with Crippen molar-refractivity contribution in [2.75, 3.05) is 7.11 Å². The van der Waals surface area contributed by atoms with Crippen LogP contribution in [0.25, 0.3) is 0 Å². The summed E-state index contributed by atoms with van der Waals surface area (Å²) in [6, 6.07) is 2.78. The molecule has 0 saturated carbocycles. The summed E-state index contributed by atoms with van der Waals surface area (Å²) in [5, 5.41) is 0.0745. The van der Waals surface area contributed by atoms with E-state index in [1.807, 2.05) is 12.2 Å². The van der Waals surface area contributed by atoms with Gasteiger partial charge in [0, 0.05) is 6.04 Å². The lowest BCUT2D eigenvalue weighted by Crippen LogP contribution is -2.35. The van der Waals surface area contributed by atoms with Gasteiger partial charge in [-0.3, -0.25) is 0 Å². The van der Waals surface area contributed by atoms with Crippen LogP contribution < -0.4 is 9.46 Å². The third-order valence-electron chi connectivity index (χ3n) is 3.11. The summed E-state index contributed by atoms with van der Waals surface area (Å²) in [7, 11) is -2.25. The Morgan fingerprint density at radius 2 is 2.00 bits per heavy atom. The highest BCUT2D eigenvalue weighted by Gasteiger charge is 2.25. The van der Waals surface area contributed by atoms with Crippen molar-refractivity contribution < 1.29 is 13.2 Å². The van der Waals surface area contributed by atoms with Gasteiger partial charge in [-0.2, -0.15) is 0 Å². The van der Waals surface area contributed by atoms with Gasteiger partial charge in [0.15, 0.2) is 0 Å². The summed E-state index contributed by atoms with van der Waals surface area (Å²) < 4.78 is 32.4. The van der Waals surface area contributed by atoms with Crippen molar-refractivity contribution in [3.05, 3.63) is 34.3 Å². The van der Waals surface area contributed by atoms with Gasteiger partial charge in [-0.05, 0) is 31.4 Å². The minimum atomic E-state index is -3.69. The molecule has 1 aliphatic carbocycles. The zero-order valence-corrected chi connectivity index (χ0v) is 13.2. The monoisotopic (exact) mass is 335 g/mol. The fourth-order valence-electron chi connectivity index (χ4n) is 2.06. The molecule has 0 radical (unpaired) electrons. The number of rotatable bonds is 4. The maximum absolute atomic E-state index is 12.4. The molecule has 1 unspecified atom stereocenters. The smallest absolute Gasteiger partial charge is 0.242 e. The zero-order valence-electron chi connectivity index (χ0n) is 10.9. The highest BCUT2D eigenvalue weighted by molar-refractivity contribution is 7.89. The van der Waals surface area contributed by atoms with Crippen molar-refractivity contribution in [1.82, 2.24) is 4.72 Å². The number of hydrogen-bond donors (Lipinski definition) is 1. The lowest BCUT2D eigenvalue weighted by atomic mass is 10.0. The zero-order chi connectivity index (χ0) is 14.8. The molecule has 1 atom stereocenters. The molecule has 20 heavy (non-hydrogen) atoms. The molecule has 0 bridgehead atoms. The molecule has 0 spiro atoms. The molecule has 1 aromatic rings. The lowest BCUT2D eigenvalue weighted by Gasteiger charge is -2.20. The number of halogens is 2. The van der Waals surface area contributed by atoms with E-state index in [0.717, 1.165) is 12.8 Å². The Morgan fingerprint density at radius 3 is 2.60 bits per heavy atom. The van der Waals surface area contributed by atoms with Gasteiger partial charge in [0.05, 0.1) is 12.1 Å². The molecular weight excluding hydrogens is 321 g/mol. The van der Waals surface area contributed by atoms with Gasteiger partial charge in [0.2, 0.25) is 10.0 Å². The first-order valence-corrected chi connectivity index (χ1v) is 8.39. The second-order valence-corrected chi connectivity index (χ2v) is 6.93. The van der Waals surface area contributed by atoms with Gasteiger partial charge in [-0.25, -0.2) is 13.1 Å². The number of ether oxygens (including phenoxy) is 1. The van der Waals surface area contributed by atoms with Crippen LogP contribution in [-0.4, -0.2) is 21.6 Å². The SMILES string of the molecule is COc1ccc(S(=O)(=O)NC2CC=CCC2)c(Cl)c1Cl. The van der Waals surface area contributed by atoms with E-state index >= 15 is 0 Å². The number of hydrogen-bond acceptors (Lipinski definition) is 3. The van der Waals surface area contributed by atoms with Crippen LogP contribution in [0.5, 0.6) is 5.75 Å². The molecule has 0 fully saturated rings. The number of sulfonamides is 1. The largest absolute Gasteiger partial charge is 0.495 e. The minimum Gasteiger partial charge on any atom is -0.495 e. The maximum Gasteiger partial charge on any atom is 0.242 e. The molecule has 4 nitrogen and oxygen atoms in total. The van der Waals surface area contributed by atoms with E-state index in [1.54, 1.807) is 0 Å². The van der Waals surface area contributed by atoms with Crippen LogP contribution in [0.1, 0.15) is 19.3 Å². The third kappa shape index (κ3) is 3.28. The van der Waals surface area contributed by atoms with E-state index in [0.29, 0.717) is 12.2 Å². The Bertz CT molecular complexity index is 629. The number of nitrogens with one attached hydrogen (secondary N) is 1. The second-order valence-electron chi connectivity index (χ2n) is 4.50. The lowest BCUT2D eigenvalue weighted by molar-refractivity contribution is 0.414. The highest BCUT2D eigenvalue weighted by Crippen LogP contribution is 2.36. The molecule has 0 aliphatic heterocycles. The van der Waals surface area contributed by atoms with E-state index in [9.17, 15) is 8.42 Å². The van der Waals surface area contributed by atoms with E-state index < -0.39 is 10.0 Å². The van der Waals surface area contributed by atoms with E-state index in [2.05, 4.69) is 4.72 Å². The maximum atomic E-state index is 12.4. The first-order chi connectivity index (χ1) is 9.45. The van der Waals surface area contributed by atoms with Gasteiger partial charge in [0.1, 0.15) is 15.7 Å². The van der Waals surface area contributed by atoms with Gasteiger partial charge >= 0.3 is 0 Å². The summed E-state index contributed by atoms with van der Waals surface area (Å²) in [6.07, 6.45) is 6.34. The second kappa shape index (κ2) is 6.35. The van der Waals surface area contributed by atoms with Crippen LogP contribution in [0, 0.1) is 0 Å². The molecule has 0 amide bonds. The summed E-state index contributed by atoms with van der Waals surface area (Å²) >= 11 is 12.0. The highest BCUT2D eigenvalue weighted by atomic mass is 35.5. The first-order valence-electron chi connectivity index (χ1n) is 6.15. The molecule has 1 aliphatic rings. The average molecular weight is 336 g/mol. The standard InChI is InChI=1S/C13H15Cl2NO3S/c1-19-10-7-8-11(13(15)12(10)14)20(17,18)16-9-5-3-2-4-6-9/h2-3,7-9,16H,4-6H2,1H3. The van der Waals surface area contributed by atoms with Crippen LogP contribution in [0.15, 0.2) is 29.2 Å². The molecule has 110 valence electrons. The van der Waals surface area contributed by atoms with Crippen LogP contribution in [-0.2, 0) is 10.0 Å². The summed E-state index contributed by atoms with van der Waals surface area (Å²) in [6.45, 7) is 0. The van der Waals surface area contributed by atoms with Gasteiger partial charge in [0.25, 0.3) is 0 Å². The minimum absolute atomic E-state index is 0.0233. The number of allylic oxidation sites excluding steroid dienone is 1. The number of methoxy groups -OCH3 is 1. The Kier molecular flexibility index (Phi) is 4.96. The predicted molar refractivity (Wildman–Crippen MR) is 80.1 cm³/mol. The van der Waals surface area contributed by atoms with Gasteiger partial charge in [-0.1, -0.05) is 35.4 Å². The average Bonchev–Trinajstić information content (AvgIpc) is 2.42. The van der Waals surface area contributed by atoms with Crippen molar-refractivity contribution in [3.63, 3.8) is 0 Å². The van der Waals surface area contributed by atoms with Gasteiger partial charge < -0.3 is 4.74 Å². The Balaban J connectivity index is 2.30. The van der Waals surface area contributed by atoms with Crippen molar-refractivity contribution in [3.8, 4) is 5.75 Å². The van der Waals surface area contributed by atoms with Crippen molar-refractivity contribution in [2.24, 2.45) is 0 Å². The summed E-state index contributed by atoms with van der Waals surface area (Å²) in [5.74, 6) is 0.344. The Hall–Kier alpha value is -0.750. The topological polar surface area (TPSA) is 55.4 Å². The fourth-order valence-corrected chi connectivity index (χ4v) is 4.19. The molecule has 0 heterocycles.